The fourth-order valence-corrected chi connectivity index (χ4v) is 3.29. The van der Waals surface area contributed by atoms with Crippen molar-refractivity contribution < 1.29 is 19.2 Å². The fraction of sp³-hybridized carbons (Fsp3) is 0.350. The first-order valence-electron chi connectivity index (χ1n) is 9.81. The molecule has 0 atom stereocenters. The van der Waals surface area contributed by atoms with E-state index in [0.717, 1.165) is 19.3 Å². The Hall–Kier alpha value is -3.73. The number of nitrogens with two attached hydrogens (primary N) is 1. The minimum atomic E-state index is -0.597. The van der Waals surface area contributed by atoms with Crippen molar-refractivity contribution in [2.75, 3.05) is 19.0 Å². The summed E-state index contributed by atoms with van der Waals surface area (Å²) in [6, 6.07) is 4.30. The van der Waals surface area contributed by atoms with Gasteiger partial charge in [-0.2, -0.15) is 4.98 Å². The lowest BCUT2D eigenvalue weighted by molar-refractivity contribution is -0.385. The van der Waals surface area contributed by atoms with Gasteiger partial charge >= 0.3 is 11.6 Å². The summed E-state index contributed by atoms with van der Waals surface area (Å²) in [5.74, 6) is 4.79. The van der Waals surface area contributed by atoms with Crippen LogP contribution in [0.1, 0.15) is 42.5 Å². The number of nitrogen functional groups attached to an aromatic ring is 1. The van der Waals surface area contributed by atoms with Crippen LogP contribution in [-0.2, 0) is 0 Å². The number of ether oxygens (including phenoxy) is 2. The van der Waals surface area contributed by atoms with E-state index in [4.69, 9.17) is 15.3 Å². The Kier molecular flexibility index (Phi) is 7.33. The molecule has 1 aliphatic carbocycles. The largest absolute Gasteiger partial charge is 0.493 e. The number of nitro groups is 1. The average molecular weight is 428 g/mol. The monoisotopic (exact) mass is 428 g/mol. The van der Waals surface area contributed by atoms with E-state index in [2.05, 4.69) is 21.4 Å². The Labute approximate surface area is 178 Å². The van der Waals surface area contributed by atoms with Crippen molar-refractivity contribution in [2.24, 2.45) is 5.84 Å². The first kappa shape index (κ1) is 22.0. The van der Waals surface area contributed by atoms with Gasteiger partial charge in [0.05, 0.1) is 12.0 Å². The molecule has 31 heavy (non-hydrogen) atoms. The van der Waals surface area contributed by atoms with Gasteiger partial charge in [0.1, 0.15) is 6.33 Å². The Bertz CT molecular complexity index is 994. The van der Waals surface area contributed by atoms with Crippen LogP contribution in [0.2, 0.25) is 0 Å². The van der Waals surface area contributed by atoms with Gasteiger partial charge in [-0.3, -0.25) is 20.3 Å². The molecule has 11 nitrogen and oxygen atoms in total. The number of nitrogens with zero attached hydrogens (tertiary/aromatic N) is 3. The number of amides is 1. The maximum atomic E-state index is 11.7. The molecule has 4 N–H and O–H groups in total. The minimum Gasteiger partial charge on any atom is -0.493 e. The van der Waals surface area contributed by atoms with Crippen molar-refractivity contribution in [2.45, 2.75) is 32.1 Å². The van der Waals surface area contributed by atoms with E-state index in [1.807, 2.05) is 5.43 Å². The molecule has 1 amide bonds. The molecule has 0 spiro atoms. The zero-order valence-electron chi connectivity index (χ0n) is 17.1. The van der Waals surface area contributed by atoms with Crippen LogP contribution in [0.25, 0.3) is 0 Å². The first-order chi connectivity index (χ1) is 15.0. The molecule has 0 bridgehead atoms. The highest BCUT2D eigenvalue weighted by Gasteiger charge is 2.26. The number of carbonyl (C=O) groups is 1. The second-order valence-corrected chi connectivity index (χ2v) is 6.86. The molecule has 164 valence electrons. The van der Waals surface area contributed by atoms with Gasteiger partial charge in [0.2, 0.25) is 5.82 Å². The maximum Gasteiger partial charge on any atom is 0.373 e. The maximum absolute atomic E-state index is 11.7. The molecule has 0 aliphatic heterocycles. The molecule has 0 fully saturated rings. The number of benzene rings is 1. The van der Waals surface area contributed by atoms with Gasteiger partial charge in [0.15, 0.2) is 11.5 Å². The molecule has 11 heteroatoms. The van der Waals surface area contributed by atoms with E-state index in [-0.39, 0.29) is 34.4 Å². The van der Waals surface area contributed by atoms with Gasteiger partial charge in [-0.15, -0.1) is 0 Å². The Morgan fingerprint density at radius 2 is 2.13 bits per heavy atom. The van der Waals surface area contributed by atoms with Gasteiger partial charge in [0, 0.05) is 12.1 Å². The van der Waals surface area contributed by atoms with Crippen molar-refractivity contribution in [3.63, 3.8) is 0 Å². The number of hydrogen-bond acceptors (Lipinski definition) is 9. The standard InChI is InChI=1S/C20H24N6O5/c1-30-16-11-14(19(27)25-21)7-8-15(16)31-20-17(26(28)29)18(23-12-24-20)22-10-9-13-5-3-2-4-6-13/h5,7-8,11-12H,2-4,6,9-10,21H2,1H3,(H,25,27)(H,22,23,24). The van der Waals surface area contributed by atoms with E-state index >= 15 is 0 Å². The summed E-state index contributed by atoms with van der Waals surface area (Å²) in [6.45, 7) is 0.509. The smallest absolute Gasteiger partial charge is 0.373 e. The number of methoxy groups -OCH3 is 1. The molecular formula is C20H24N6O5. The van der Waals surface area contributed by atoms with E-state index in [1.54, 1.807) is 0 Å². The van der Waals surface area contributed by atoms with Crippen LogP contribution in [-0.4, -0.2) is 34.5 Å². The third-order valence-corrected chi connectivity index (χ3v) is 4.86. The number of rotatable bonds is 9. The fourth-order valence-electron chi connectivity index (χ4n) is 3.29. The van der Waals surface area contributed by atoms with Crippen LogP contribution >= 0.6 is 0 Å². The normalized spacial score (nSPS) is 13.2. The molecule has 1 aliphatic rings. The summed E-state index contributed by atoms with van der Waals surface area (Å²) < 4.78 is 10.9. The summed E-state index contributed by atoms with van der Waals surface area (Å²) in [6.07, 6.45) is 8.72. The highest BCUT2D eigenvalue weighted by molar-refractivity contribution is 5.94. The summed E-state index contributed by atoms with van der Waals surface area (Å²) in [4.78, 5) is 30.8. The highest BCUT2D eigenvalue weighted by Crippen LogP contribution is 2.38. The molecule has 0 radical (unpaired) electrons. The van der Waals surface area contributed by atoms with Crippen LogP contribution in [0.5, 0.6) is 17.4 Å². The second-order valence-electron chi connectivity index (χ2n) is 6.86. The van der Waals surface area contributed by atoms with Crippen LogP contribution in [0.15, 0.2) is 36.2 Å². The predicted octanol–water partition coefficient (Wildman–Crippen LogP) is 3.09. The molecule has 3 rings (SSSR count). The number of allylic oxidation sites excluding steroid dienone is 1. The zero-order valence-corrected chi connectivity index (χ0v) is 17.1. The van der Waals surface area contributed by atoms with Crippen LogP contribution in [0.4, 0.5) is 11.5 Å². The van der Waals surface area contributed by atoms with Gasteiger partial charge in [0.25, 0.3) is 5.91 Å². The summed E-state index contributed by atoms with van der Waals surface area (Å²) in [5, 5.41) is 14.7. The summed E-state index contributed by atoms with van der Waals surface area (Å²) in [7, 11) is 1.38. The number of hydrazine groups is 1. The van der Waals surface area contributed by atoms with E-state index in [9.17, 15) is 14.9 Å². The molecule has 1 heterocycles. The van der Waals surface area contributed by atoms with Crippen molar-refractivity contribution in [3.8, 4) is 17.4 Å². The highest BCUT2D eigenvalue weighted by atomic mass is 16.6. The van der Waals surface area contributed by atoms with Gasteiger partial charge in [-0.05, 0) is 50.3 Å². The van der Waals surface area contributed by atoms with Crippen molar-refractivity contribution in [1.29, 1.82) is 0 Å². The molecule has 0 saturated carbocycles. The first-order valence-corrected chi connectivity index (χ1v) is 9.81. The molecule has 0 unspecified atom stereocenters. The number of anilines is 1. The van der Waals surface area contributed by atoms with E-state index in [0.29, 0.717) is 6.54 Å². The van der Waals surface area contributed by atoms with Crippen LogP contribution in [0, 0.1) is 10.1 Å². The van der Waals surface area contributed by atoms with Crippen LogP contribution in [0.3, 0.4) is 0 Å². The lowest BCUT2D eigenvalue weighted by atomic mass is 9.97. The summed E-state index contributed by atoms with van der Waals surface area (Å²) >= 11 is 0. The topological polar surface area (TPSA) is 155 Å². The number of nitrogens with one attached hydrogen (secondary N) is 2. The van der Waals surface area contributed by atoms with Gasteiger partial charge in [-0.25, -0.2) is 10.8 Å². The zero-order chi connectivity index (χ0) is 22.2. The van der Waals surface area contributed by atoms with Crippen molar-refractivity contribution in [1.82, 2.24) is 15.4 Å². The van der Waals surface area contributed by atoms with Gasteiger partial charge in [-0.1, -0.05) is 11.6 Å². The van der Waals surface area contributed by atoms with E-state index < -0.39 is 10.8 Å². The predicted molar refractivity (Wildman–Crippen MR) is 113 cm³/mol. The molecule has 1 aromatic carbocycles. The lowest BCUT2D eigenvalue weighted by Crippen LogP contribution is -2.29. The molecule has 2 aromatic rings. The average Bonchev–Trinajstić information content (AvgIpc) is 2.79. The van der Waals surface area contributed by atoms with Crippen LogP contribution < -0.4 is 26.1 Å². The third kappa shape index (κ3) is 5.45. The number of carbonyl (C=O) groups excluding carboxylic acids is 1. The molecule has 1 aromatic heterocycles. The lowest BCUT2D eigenvalue weighted by Gasteiger charge is -2.14. The number of hydrogen-bond donors (Lipinski definition) is 3. The second kappa shape index (κ2) is 10.3. The quantitative estimate of drug-likeness (QED) is 0.180. The SMILES string of the molecule is COc1cc(C(=O)NN)ccc1Oc1ncnc(NCCC2=CCCCC2)c1[N+](=O)[O-]. The van der Waals surface area contributed by atoms with Gasteiger partial charge < -0.3 is 14.8 Å². The molecule has 0 saturated heterocycles. The Morgan fingerprint density at radius 3 is 2.81 bits per heavy atom. The summed E-state index contributed by atoms with van der Waals surface area (Å²) in [5.41, 5.74) is 3.22. The Morgan fingerprint density at radius 1 is 1.29 bits per heavy atom. The minimum absolute atomic E-state index is 0.0736. The Balaban J connectivity index is 1.81. The van der Waals surface area contributed by atoms with Crippen molar-refractivity contribution >= 4 is 17.4 Å². The van der Waals surface area contributed by atoms with Crippen molar-refractivity contribution in [3.05, 3.63) is 51.9 Å². The molecular weight excluding hydrogens is 404 g/mol. The van der Waals surface area contributed by atoms with E-state index in [1.165, 1.54) is 50.1 Å². The third-order valence-electron chi connectivity index (χ3n) is 4.86. The number of aromatic nitrogens is 2.